The molecule has 82 valence electrons. The van der Waals surface area contributed by atoms with Gasteiger partial charge in [-0.05, 0) is 34.1 Å². The van der Waals surface area contributed by atoms with Gasteiger partial charge in [0.25, 0.3) is 0 Å². The molecule has 4 nitrogen and oxygen atoms in total. The zero-order chi connectivity index (χ0) is 11.4. The number of aromatic nitrogens is 2. The lowest BCUT2D eigenvalue weighted by molar-refractivity contribution is 0.411. The Morgan fingerprint density at radius 2 is 2.12 bits per heavy atom. The molecular weight excluding hydrogens is 272 g/mol. The van der Waals surface area contributed by atoms with Gasteiger partial charge in [-0.3, -0.25) is 0 Å². The summed E-state index contributed by atoms with van der Waals surface area (Å²) in [5.74, 6) is 1.95. The Labute approximate surface area is 101 Å². The number of hydrogen-bond acceptors (Lipinski definition) is 4. The first kappa shape index (κ1) is 10.9. The SMILES string of the molecule is COc1ccc(Oc2ccncn2)c(Br)c1. The monoisotopic (exact) mass is 280 g/mol. The zero-order valence-electron chi connectivity index (χ0n) is 8.55. The normalized spacial score (nSPS) is 9.88. The van der Waals surface area contributed by atoms with Crippen molar-refractivity contribution in [2.45, 2.75) is 0 Å². The van der Waals surface area contributed by atoms with Crippen molar-refractivity contribution in [3.8, 4) is 17.4 Å². The number of hydrogen-bond donors (Lipinski definition) is 0. The summed E-state index contributed by atoms with van der Waals surface area (Å²) in [4.78, 5) is 7.79. The van der Waals surface area contributed by atoms with Gasteiger partial charge < -0.3 is 9.47 Å². The van der Waals surface area contributed by atoms with Gasteiger partial charge in [0.2, 0.25) is 5.88 Å². The first-order chi connectivity index (χ1) is 7.79. The summed E-state index contributed by atoms with van der Waals surface area (Å²) in [5.41, 5.74) is 0. The number of benzene rings is 1. The molecule has 0 atom stereocenters. The molecule has 2 aromatic rings. The number of methoxy groups -OCH3 is 1. The molecule has 1 aromatic heterocycles. The van der Waals surface area contributed by atoms with Crippen LogP contribution in [0.2, 0.25) is 0 Å². The van der Waals surface area contributed by atoms with Crippen molar-refractivity contribution in [3.05, 3.63) is 41.3 Å². The smallest absolute Gasteiger partial charge is 0.222 e. The second-order valence-corrected chi connectivity index (χ2v) is 3.80. The van der Waals surface area contributed by atoms with E-state index < -0.39 is 0 Å². The molecule has 0 aliphatic rings. The van der Waals surface area contributed by atoms with Crippen LogP contribution in [0.1, 0.15) is 0 Å². The summed E-state index contributed by atoms with van der Waals surface area (Å²) in [7, 11) is 1.62. The van der Waals surface area contributed by atoms with E-state index in [-0.39, 0.29) is 0 Å². The van der Waals surface area contributed by atoms with Gasteiger partial charge in [-0.1, -0.05) is 0 Å². The highest BCUT2D eigenvalue weighted by Gasteiger charge is 2.04. The average molecular weight is 281 g/mol. The second-order valence-electron chi connectivity index (χ2n) is 2.95. The molecular formula is C11H9BrN2O2. The molecule has 5 heteroatoms. The number of rotatable bonds is 3. The highest BCUT2D eigenvalue weighted by molar-refractivity contribution is 9.10. The Morgan fingerprint density at radius 1 is 1.25 bits per heavy atom. The van der Waals surface area contributed by atoms with Crippen LogP contribution < -0.4 is 9.47 Å². The van der Waals surface area contributed by atoms with Crippen LogP contribution in [-0.4, -0.2) is 17.1 Å². The molecule has 0 saturated heterocycles. The lowest BCUT2D eigenvalue weighted by Gasteiger charge is -2.07. The highest BCUT2D eigenvalue weighted by Crippen LogP contribution is 2.31. The molecule has 1 aromatic carbocycles. The minimum Gasteiger partial charge on any atom is -0.497 e. The minimum absolute atomic E-state index is 0.501. The van der Waals surface area contributed by atoms with E-state index >= 15 is 0 Å². The van der Waals surface area contributed by atoms with Crippen LogP contribution in [-0.2, 0) is 0 Å². The van der Waals surface area contributed by atoms with Crippen molar-refractivity contribution in [1.29, 1.82) is 0 Å². The maximum atomic E-state index is 5.56. The Bertz CT molecular complexity index is 477. The van der Waals surface area contributed by atoms with Gasteiger partial charge >= 0.3 is 0 Å². The van der Waals surface area contributed by atoms with Gasteiger partial charge in [0, 0.05) is 12.3 Å². The van der Waals surface area contributed by atoms with Crippen molar-refractivity contribution in [2.24, 2.45) is 0 Å². The second kappa shape index (κ2) is 4.94. The van der Waals surface area contributed by atoms with Crippen molar-refractivity contribution >= 4 is 15.9 Å². The summed E-state index contributed by atoms with van der Waals surface area (Å²) < 4.78 is 11.5. The molecule has 0 spiro atoms. The van der Waals surface area contributed by atoms with Gasteiger partial charge in [-0.2, -0.15) is 0 Å². The minimum atomic E-state index is 0.501. The fraction of sp³-hybridized carbons (Fsp3) is 0.0909. The fourth-order valence-corrected chi connectivity index (χ4v) is 1.58. The standard InChI is InChI=1S/C11H9BrN2O2/c1-15-8-2-3-10(9(12)6-8)16-11-4-5-13-7-14-11/h2-7H,1H3. The molecule has 0 aliphatic carbocycles. The van der Waals surface area contributed by atoms with Gasteiger partial charge in [-0.25, -0.2) is 9.97 Å². The van der Waals surface area contributed by atoms with Crippen LogP contribution in [0.4, 0.5) is 0 Å². The van der Waals surface area contributed by atoms with Gasteiger partial charge in [-0.15, -0.1) is 0 Å². The summed E-state index contributed by atoms with van der Waals surface area (Å²) >= 11 is 3.40. The van der Waals surface area contributed by atoms with Crippen LogP contribution in [0.15, 0.2) is 41.3 Å². The van der Waals surface area contributed by atoms with Crippen molar-refractivity contribution in [3.63, 3.8) is 0 Å². The predicted octanol–water partition coefficient (Wildman–Crippen LogP) is 3.04. The summed E-state index contributed by atoms with van der Waals surface area (Å²) in [6.45, 7) is 0. The molecule has 0 saturated carbocycles. The Hall–Kier alpha value is -1.62. The first-order valence-electron chi connectivity index (χ1n) is 4.57. The zero-order valence-corrected chi connectivity index (χ0v) is 10.1. The number of halogens is 1. The highest BCUT2D eigenvalue weighted by atomic mass is 79.9. The molecule has 0 bridgehead atoms. The molecule has 2 rings (SSSR count). The van der Waals surface area contributed by atoms with Crippen LogP contribution in [0.25, 0.3) is 0 Å². The maximum absolute atomic E-state index is 5.56. The molecule has 0 radical (unpaired) electrons. The number of ether oxygens (including phenoxy) is 2. The van der Waals surface area contributed by atoms with Gasteiger partial charge in [0.1, 0.15) is 17.8 Å². The lowest BCUT2D eigenvalue weighted by Crippen LogP contribution is -1.90. The van der Waals surface area contributed by atoms with Crippen molar-refractivity contribution < 1.29 is 9.47 Å². The van der Waals surface area contributed by atoms with Crippen LogP contribution in [0.3, 0.4) is 0 Å². The van der Waals surface area contributed by atoms with Gasteiger partial charge in [0.05, 0.1) is 11.6 Å². The van der Waals surface area contributed by atoms with Crippen molar-refractivity contribution in [2.75, 3.05) is 7.11 Å². The first-order valence-corrected chi connectivity index (χ1v) is 5.36. The maximum Gasteiger partial charge on any atom is 0.222 e. The molecule has 0 N–H and O–H groups in total. The quantitative estimate of drug-likeness (QED) is 0.867. The predicted molar refractivity (Wildman–Crippen MR) is 62.8 cm³/mol. The molecule has 0 aliphatic heterocycles. The topological polar surface area (TPSA) is 44.2 Å². The number of nitrogens with zero attached hydrogens (tertiary/aromatic N) is 2. The van der Waals surface area contributed by atoms with E-state index in [1.165, 1.54) is 6.33 Å². The Morgan fingerprint density at radius 3 is 2.75 bits per heavy atom. The summed E-state index contributed by atoms with van der Waals surface area (Å²) in [5, 5.41) is 0. The molecule has 1 heterocycles. The molecule has 16 heavy (non-hydrogen) atoms. The van der Waals surface area contributed by atoms with E-state index in [9.17, 15) is 0 Å². The Balaban J connectivity index is 2.22. The molecule has 0 unspecified atom stereocenters. The van der Waals surface area contributed by atoms with E-state index in [4.69, 9.17) is 9.47 Å². The summed E-state index contributed by atoms with van der Waals surface area (Å²) in [6, 6.07) is 7.15. The Kier molecular flexibility index (Phi) is 3.36. The van der Waals surface area contributed by atoms with Crippen molar-refractivity contribution in [1.82, 2.24) is 9.97 Å². The average Bonchev–Trinajstić information content (AvgIpc) is 2.33. The third-order valence-corrected chi connectivity index (χ3v) is 2.53. The largest absolute Gasteiger partial charge is 0.497 e. The van der Waals surface area contributed by atoms with E-state index in [0.29, 0.717) is 11.6 Å². The fourth-order valence-electron chi connectivity index (χ4n) is 1.14. The lowest BCUT2D eigenvalue weighted by atomic mass is 10.3. The van der Waals surface area contributed by atoms with Gasteiger partial charge in [0.15, 0.2) is 0 Å². The molecule has 0 fully saturated rings. The third-order valence-electron chi connectivity index (χ3n) is 1.91. The third kappa shape index (κ3) is 2.49. The van der Waals surface area contributed by atoms with E-state index in [1.54, 1.807) is 19.4 Å². The van der Waals surface area contributed by atoms with E-state index in [2.05, 4.69) is 25.9 Å². The van der Waals surface area contributed by atoms with Crippen LogP contribution in [0.5, 0.6) is 17.4 Å². The van der Waals surface area contributed by atoms with Crippen LogP contribution in [0, 0.1) is 0 Å². The van der Waals surface area contributed by atoms with E-state index in [0.717, 1.165) is 10.2 Å². The molecule has 0 amide bonds. The summed E-state index contributed by atoms with van der Waals surface area (Å²) in [6.07, 6.45) is 3.06. The van der Waals surface area contributed by atoms with Crippen LogP contribution >= 0.6 is 15.9 Å². The van der Waals surface area contributed by atoms with E-state index in [1.807, 2.05) is 18.2 Å².